The number of aliphatic hydroxyl groups is 1. The fraction of sp³-hybridized carbons (Fsp3) is 0.414. The van der Waals surface area contributed by atoms with Gasteiger partial charge in [0.25, 0.3) is 0 Å². The normalized spacial score (nSPS) is 24.9. The van der Waals surface area contributed by atoms with Crippen molar-refractivity contribution in [3.8, 4) is 0 Å². The maximum Gasteiger partial charge on any atom is 0.244 e. The van der Waals surface area contributed by atoms with Crippen LogP contribution in [-0.2, 0) is 27.5 Å². The number of likely N-dealkylation sites (tertiary alicyclic amines) is 1. The molecule has 2 aromatic carbocycles. The van der Waals surface area contributed by atoms with Crippen LogP contribution >= 0.6 is 0 Å². The monoisotopic (exact) mass is 530 g/mol. The minimum Gasteiger partial charge on any atom is -0.394 e. The van der Waals surface area contributed by atoms with E-state index in [1.165, 1.54) is 4.90 Å². The summed E-state index contributed by atoms with van der Waals surface area (Å²) in [5.74, 6) is -2.80. The zero-order chi connectivity index (χ0) is 27.5. The molecule has 0 radical (unpaired) electrons. The van der Waals surface area contributed by atoms with E-state index in [4.69, 9.17) is 0 Å². The summed E-state index contributed by atoms with van der Waals surface area (Å²) in [4.78, 5) is 42.6. The number of amides is 3. The Balaban J connectivity index is 1.49. The van der Waals surface area contributed by atoms with E-state index in [1.807, 2.05) is 73.7 Å². The van der Waals surface area contributed by atoms with Gasteiger partial charge in [-0.05, 0) is 36.5 Å². The molecule has 1 fully saturated rings. The Morgan fingerprint density at radius 3 is 2.51 bits per heavy atom. The summed E-state index contributed by atoms with van der Waals surface area (Å²) in [6.07, 6.45) is 4.96. The van der Waals surface area contributed by atoms with Crippen molar-refractivity contribution in [3.63, 3.8) is 0 Å². The molecule has 3 amide bonds. The second kappa shape index (κ2) is 11.4. The maximum atomic E-state index is 14.1. The standard InChI is InChI=1S/C29H34N6O4/c1-3-19-13-14-21-25(24(19)27(37)30-2)29(39)35(20(16-36)15-18-9-5-4-6-10-18)26(21)28(38)31-17-34-23-12-8-7-11-22(23)32-33-34/h4-14,19-21,24-26,36H,3,15-17H2,1-2H3,(H,30,37)(H,31,38)/t19-,20-,21+,24-,25-,26+/m1/s1. The molecule has 39 heavy (non-hydrogen) atoms. The molecule has 204 valence electrons. The molecule has 0 spiro atoms. The van der Waals surface area contributed by atoms with Crippen LogP contribution < -0.4 is 10.6 Å². The van der Waals surface area contributed by atoms with E-state index in [1.54, 1.807) is 11.7 Å². The Bertz CT molecular complexity index is 1370. The minimum absolute atomic E-state index is 0.0674. The molecular weight excluding hydrogens is 496 g/mol. The molecule has 2 heterocycles. The van der Waals surface area contributed by atoms with E-state index < -0.39 is 29.8 Å². The molecule has 1 aromatic heterocycles. The number of rotatable bonds is 9. The number of fused-ring (bicyclic) bond motifs is 2. The molecule has 0 saturated carbocycles. The molecule has 1 aliphatic heterocycles. The first-order chi connectivity index (χ1) is 19.0. The van der Waals surface area contributed by atoms with Crippen molar-refractivity contribution in [2.24, 2.45) is 23.7 Å². The highest BCUT2D eigenvalue weighted by Gasteiger charge is 2.58. The van der Waals surface area contributed by atoms with E-state index in [2.05, 4.69) is 20.9 Å². The topological polar surface area (TPSA) is 129 Å². The van der Waals surface area contributed by atoms with Crippen LogP contribution in [-0.4, -0.2) is 68.5 Å². The Morgan fingerprint density at radius 1 is 1.05 bits per heavy atom. The van der Waals surface area contributed by atoms with Gasteiger partial charge in [-0.25, -0.2) is 4.68 Å². The van der Waals surface area contributed by atoms with Gasteiger partial charge in [-0.3, -0.25) is 14.4 Å². The summed E-state index contributed by atoms with van der Waals surface area (Å²) in [7, 11) is 1.57. The van der Waals surface area contributed by atoms with E-state index in [0.29, 0.717) is 18.4 Å². The van der Waals surface area contributed by atoms with Gasteiger partial charge in [0.1, 0.15) is 18.2 Å². The molecule has 3 aromatic rings. The average molecular weight is 531 g/mol. The van der Waals surface area contributed by atoms with E-state index in [9.17, 15) is 19.5 Å². The van der Waals surface area contributed by atoms with Crippen LogP contribution in [0.5, 0.6) is 0 Å². The van der Waals surface area contributed by atoms with Crippen LogP contribution in [0.2, 0.25) is 0 Å². The van der Waals surface area contributed by atoms with Crippen molar-refractivity contribution >= 4 is 28.8 Å². The lowest BCUT2D eigenvalue weighted by atomic mass is 9.69. The summed E-state index contributed by atoms with van der Waals surface area (Å²) in [5.41, 5.74) is 2.43. The third kappa shape index (κ3) is 4.92. The number of aliphatic hydroxyl groups excluding tert-OH is 1. The number of hydrogen-bond donors (Lipinski definition) is 3. The summed E-state index contributed by atoms with van der Waals surface area (Å²) in [6.45, 7) is 1.74. The predicted molar refractivity (Wildman–Crippen MR) is 145 cm³/mol. The zero-order valence-electron chi connectivity index (χ0n) is 22.1. The Morgan fingerprint density at radius 2 is 1.79 bits per heavy atom. The lowest BCUT2D eigenvalue weighted by Crippen LogP contribution is -2.53. The minimum atomic E-state index is -0.889. The number of carbonyl (C=O) groups excluding carboxylic acids is 3. The van der Waals surface area contributed by atoms with Crippen LogP contribution in [0.4, 0.5) is 0 Å². The first-order valence-electron chi connectivity index (χ1n) is 13.4. The Kier molecular flexibility index (Phi) is 7.74. The van der Waals surface area contributed by atoms with Gasteiger partial charge in [0.05, 0.1) is 30.0 Å². The number of nitrogens with zero attached hydrogens (tertiary/aromatic N) is 4. The third-order valence-electron chi connectivity index (χ3n) is 8.08. The number of para-hydroxylation sites is 1. The first-order valence-corrected chi connectivity index (χ1v) is 13.4. The molecule has 10 nitrogen and oxygen atoms in total. The molecule has 5 rings (SSSR count). The maximum absolute atomic E-state index is 14.1. The first kappa shape index (κ1) is 26.6. The summed E-state index contributed by atoms with van der Waals surface area (Å²) in [5, 5.41) is 24.4. The SMILES string of the molecule is CC[C@@H]1C=C[C@H]2[C@@H](C(=O)N([C@@H](CO)Cc3ccccc3)[C@@H]2C(=O)NCn2nnc3ccccc32)[C@@H]1C(=O)NC. The van der Waals surface area contributed by atoms with Crippen molar-refractivity contribution in [3.05, 3.63) is 72.3 Å². The van der Waals surface area contributed by atoms with Crippen molar-refractivity contribution in [2.75, 3.05) is 13.7 Å². The van der Waals surface area contributed by atoms with Gasteiger partial charge in [-0.1, -0.05) is 66.8 Å². The highest BCUT2D eigenvalue weighted by molar-refractivity contribution is 5.97. The fourth-order valence-electron chi connectivity index (χ4n) is 6.18. The van der Waals surface area contributed by atoms with Crippen LogP contribution in [0, 0.1) is 23.7 Å². The molecule has 6 atom stereocenters. The molecular formula is C29H34N6O4. The highest BCUT2D eigenvalue weighted by Crippen LogP contribution is 2.45. The average Bonchev–Trinajstić information content (AvgIpc) is 3.52. The van der Waals surface area contributed by atoms with Crippen molar-refractivity contribution in [2.45, 2.75) is 38.5 Å². The molecule has 1 aliphatic carbocycles. The van der Waals surface area contributed by atoms with Crippen LogP contribution in [0.25, 0.3) is 11.0 Å². The van der Waals surface area contributed by atoms with Gasteiger partial charge in [0.2, 0.25) is 17.7 Å². The fourth-order valence-corrected chi connectivity index (χ4v) is 6.18. The van der Waals surface area contributed by atoms with Gasteiger partial charge < -0.3 is 20.6 Å². The molecule has 3 N–H and O–H groups in total. The lowest BCUT2D eigenvalue weighted by molar-refractivity contribution is -0.143. The van der Waals surface area contributed by atoms with Crippen molar-refractivity contribution < 1.29 is 19.5 Å². The summed E-state index contributed by atoms with van der Waals surface area (Å²) >= 11 is 0. The number of aromatic nitrogens is 3. The molecule has 10 heteroatoms. The summed E-state index contributed by atoms with van der Waals surface area (Å²) in [6, 6.07) is 15.5. The number of nitrogens with one attached hydrogen (secondary N) is 2. The Hall–Kier alpha value is -4.05. The molecule has 2 aliphatic rings. The second-order valence-corrected chi connectivity index (χ2v) is 10.2. The van der Waals surface area contributed by atoms with Gasteiger partial charge in [0, 0.05) is 13.0 Å². The van der Waals surface area contributed by atoms with Crippen molar-refractivity contribution in [1.82, 2.24) is 30.5 Å². The Labute approximate surface area is 227 Å². The largest absolute Gasteiger partial charge is 0.394 e. The van der Waals surface area contributed by atoms with Crippen LogP contribution in [0.1, 0.15) is 18.9 Å². The highest BCUT2D eigenvalue weighted by atomic mass is 16.3. The molecule has 1 saturated heterocycles. The van der Waals surface area contributed by atoms with Gasteiger partial charge >= 0.3 is 0 Å². The second-order valence-electron chi connectivity index (χ2n) is 10.2. The van der Waals surface area contributed by atoms with E-state index >= 15 is 0 Å². The predicted octanol–water partition coefficient (Wildman–Crippen LogP) is 1.51. The van der Waals surface area contributed by atoms with Crippen molar-refractivity contribution in [1.29, 1.82) is 0 Å². The number of carbonyl (C=O) groups is 3. The smallest absolute Gasteiger partial charge is 0.244 e. The summed E-state index contributed by atoms with van der Waals surface area (Å²) < 4.78 is 1.59. The lowest BCUT2D eigenvalue weighted by Gasteiger charge is -2.34. The zero-order valence-corrected chi connectivity index (χ0v) is 22.1. The van der Waals surface area contributed by atoms with E-state index in [-0.39, 0.29) is 36.9 Å². The number of hydrogen-bond acceptors (Lipinski definition) is 6. The van der Waals surface area contributed by atoms with E-state index in [0.717, 1.165) is 11.1 Å². The van der Waals surface area contributed by atoms with Crippen LogP contribution in [0.15, 0.2) is 66.7 Å². The quantitative estimate of drug-likeness (QED) is 0.360. The number of allylic oxidation sites excluding steroid dienone is 1. The van der Waals surface area contributed by atoms with Gasteiger partial charge in [-0.2, -0.15) is 0 Å². The van der Waals surface area contributed by atoms with Crippen LogP contribution in [0.3, 0.4) is 0 Å². The number of benzene rings is 2. The third-order valence-corrected chi connectivity index (χ3v) is 8.08. The molecule has 0 bridgehead atoms. The molecule has 0 unspecified atom stereocenters. The van der Waals surface area contributed by atoms with Gasteiger partial charge in [0.15, 0.2) is 0 Å². The van der Waals surface area contributed by atoms with Gasteiger partial charge in [-0.15, -0.1) is 5.10 Å².